The van der Waals surface area contributed by atoms with Crippen LogP contribution in [0.4, 0.5) is 11.4 Å². The molecular formula is C16H16N2O4. The molecule has 0 aliphatic rings. The average molecular weight is 300 g/mol. The molecule has 4 N–H and O–H groups in total. The number of methoxy groups -OCH3 is 1. The second-order valence-electron chi connectivity index (χ2n) is 4.62. The van der Waals surface area contributed by atoms with Crippen molar-refractivity contribution >= 4 is 23.1 Å². The quantitative estimate of drug-likeness (QED) is 0.559. The molecule has 0 amide bonds. The Kier molecular flexibility index (Phi) is 4.63. The molecule has 0 atom stereocenters. The first kappa shape index (κ1) is 15.4. The summed E-state index contributed by atoms with van der Waals surface area (Å²) in [6.07, 6.45) is 0. The topological polar surface area (TPSA) is 102 Å². The molecule has 0 fully saturated rings. The third kappa shape index (κ3) is 3.54. The monoisotopic (exact) mass is 300 g/mol. The van der Waals surface area contributed by atoms with Crippen LogP contribution in [0.15, 0.2) is 42.5 Å². The summed E-state index contributed by atoms with van der Waals surface area (Å²) in [7, 11) is 1.47. The molecule has 22 heavy (non-hydrogen) atoms. The van der Waals surface area contributed by atoms with Crippen LogP contribution in [0.1, 0.15) is 20.7 Å². The van der Waals surface area contributed by atoms with Crippen molar-refractivity contribution in [2.75, 3.05) is 24.7 Å². The highest BCUT2D eigenvalue weighted by Gasteiger charge is 2.11. The lowest BCUT2D eigenvalue weighted by atomic mass is 10.1. The molecule has 6 heteroatoms. The first-order chi connectivity index (χ1) is 10.5. The Morgan fingerprint density at radius 3 is 2.36 bits per heavy atom. The number of hydrogen-bond acceptors (Lipinski definition) is 5. The van der Waals surface area contributed by atoms with E-state index in [1.54, 1.807) is 30.3 Å². The third-order valence-corrected chi connectivity index (χ3v) is 3.12. The average Bonchev–Trinajstić information content (AvgIpc) is 2.52. The van der Waals surface area contributed by atoms with Crippen molar-refractivity contribution in [3.63, 3.8) is 0 Å². The molecule has 0 aliphatic heterocycles. The van der Waals surface area contributed by atoms with E-state index in [-0.39, 0.29) is 17.9 Å². The summed E-state index contributed by atoms with van der Waals surface area (Å²) < 4.78 is 5.15. The number of Topliss-reactive ketones (excluding diaryl/α,β-unsaturated/α-hetero) is 1. The maximum atomic E-state index is 12.1. The van der Waals surface area contributed by atoms with E-state index in [2.05, 4.69) is 5.32 Å². The molecule has 6 nitrogen and oxygen atoms in total. The number of ketones is 1. The van der Waals surface area contributed by atoms with Gasteiger partial charge < -0.3 is 20.9 Å². The number of hydrogen-bond donors (Lipinski definition) is 3. The summed E-state index contributed by atoms with van der Waals surface area (Å²) in [5.41, 5.74) is 7.25. The van der Waals surface area contributed by atoms with Crippen LogP contribution in [-0.2, 0) is 0 Å². The van der Waals surface area contributed by atoms with Crippen molar-refractivity contribution in [3.05, 3.63) is 53.6 Å². The van der Waals surface area contributed by atoms with E-state index in [0.717, 1.165) is 0 Å². The summed E-state index contributed by atoms with van der Waals surface area (Å²) >= 11 is 0. The van der Waals surface area contributed by atoms with Crippen LogP contribution in [0.5, 0.6) is 5.75 Å². The molecule has 0 saturated heterocycles. The van der Waals surface area contributed by atoms with Gasteiger partial charge >= 0.3 is 5.97 Å². The number of carboxylic acids is 1. The van der Waals surface area contributed by atoms with E-state index in [1.165, 1.54) is 19.2 Å². The molecule has 0 spiro atoms. The number of carboxylic acid groups (broad SMARTS) is 1. The minimum atomic E-state index is -1.05. The SMILES string of the molecule is COc1ccc(C(=O)O)cc1NCC(=O)c1ccc(N)cc1. The van der Waals surface area contributed by atoms with Gasteiger partial charge in [0.25, 0.3) is 0 Å². The van der Waals surface area contributed by atoms with E-state index < -0.39 is 5.97 Å². The van der Waals surface area contributed by atoms with Crippen LogP contribution in [0.25, 0.3) is 0 Å². The lowest BCUT2D eigenvalue weighted by Gasteiger charge is -2.11. The van der Waals surface area contributed by atoms with E-state index in [1.807, 2.05) is 0 Å². The number of nitrogens with one attached hydrogen (secondary N) is 1. The Morgan fingerprint density at radius 1 is 1.14 bits per heavy atom. The largest absolute Gasteiger partial charge is 0.495 e. The van der Waals surface area contributed by atoms with Crippen molar-refractivity contribution < 1.29 is 19.4 Å². The van der Waals surface area contributed by atoms with E-state index >= 15 is 0 Å². The number of ether oxygens (including phenoxy) is 1. The molecule has 0 heterocycles. The summed E-state index contributed by atoms with van der Waals surface area (Å²) in [4.78, 5) is 23.1. The van der Waals surface area contributed by atoms with Crippen LogP contribution in [0.2, 0.25) is 0 Å². The fourth-order valence-electron chi connectivity index (χ4n) is 1.93. The Morgan fingerprint density at radius 2 is 1.77 bits per heavy atom. The second-order valence-corrected chi connectivity index (χ2v) is 4.62. The van der Waals surface area contributed by atoms with Gasteiger partial charge in [0.1, 0.15) is 5.75 Å². The summed E-state index contributed by atoms with van der Waals surface area (Å²) in [6.45, 7) is 0.0172. The van der Waals surface area contributed by atoms with Gasteiger partial charge in [-0.05, 0) is 42.5 Å². The van der Waals surface area contributed by atoms with Crippen LogP contribution < -0.4 is 15.8 Å². The standard InChI is InChI=1S/C16H16N2O4/c1-22-15-7-4-11(16(20)21)8-13(15)18-9-14(19)10-2-5-12(17)6-3-10/h2-8,18H,9,17H2,1H3,(H,20,21). The Hall–Kier alpha value is -3.02. The highest BCUT2D eigenvalue weighted by molar-refractivity contribution is 5.99. The molecule has 0 bridgehead atoms. The Balaban J connectivity index is 2.13. The Labute approximate surface area is 127 Å². The Bertz CT molecular complexity index is 696. The molecule has 2 aromatic rings. The predicted molar refractivity (Wildman–Crippen MR) is 83.6 cm³/mol. The zero-order valence-corrected chi connectivity index (χ0v) is 12.0. The number of rotatable bonds is 6. The van der Waals surface area contributed by atoms with E-state index in [4.69, 9.17) is 15.6 Å². The normalized spacial score (nSPS) is 10.0. The van der Waals surface area contributed by atoms with Crippen molar-refractivity contribution in [2.24, 2.45) is 0 Å². The number of nitrogens with two attached hydrogens (primary N) is 1. The number of carbonyl (C=O) groups is 2. The highest BCUT2D eigenvalue weighted by atomic mass is 16.5. The van der Waals surface area contributed by atoms with Crippen LogP contribution in [0, 0.1) is 0 Å². The van der Waals surface area contributed by atoms with Crippen molar-refractivity contribution in [3.8, 4) is 5.75 Å². The summed E-state index contributed by atoms with van der Waals surface area (Å²) in [6, 6.07) is 11.0. The number of aromatic carboxylic acids is 1. The van der Waals surface area contributed by atoms with Crippen molar-refractivity contribution in [1.82, 2.24) is 0 Å². The molecule has 0 aliphatic carbocycles. The van der Waals surface area contributed by atoms with Gasteiger partial charge in [0.05, 0.1) is 24.9 Å². The van der Waals surface area contributed by atoms with Crippen LogP contribution >= 0.6 is 0 Å². The van der Waals surface area contributed by atoms with Crippen LogP contribution in [0.3, 0.4) is 0 Å². The lowest BCUT2D eigenvalue weighted by Crippen LogP contribution is -2.15. The highest BCUT2D eigenvalue weighted by Crippen LogP contribution is 2.25. The zero-order valence-electron chi connectivity index (χ0n) is 12.0. The first-order valence-electron chi connectivity index (χ1n) is 6.55. The molecule has 0 aromatic heterocycles. The number of nitrogen functional groups attached to an aromatic ring is 1. The molecule has 2 rings (SSSR count). The molecule has 0 unspecified atom stereocenters. The maximum absolute atomic E-state index is 12.1. The molecule has 2 aromatic carbocycles. The van der Waals surface area contributed by atoms with Crippen molar-refractivity contribution in [2.45, 2.75) is 0 Å². The molecule has 0 saturated carbocycles. The number of carbonyl (C=O) groups excluding carboxylic acids is 1. The van der Waals surface area contributed by atoms with Gasteiger partial charge in [-0.2, -0.15) is 0 Å². The number of anilines is 2. The third-order valence-electron chi connectivity index (χ3n) is 3.12. The number of benzene rings is 2. The second kappa shape index (κ2) is 6.62. The van der Waals surface area contributed by atoms with Gasteiger partial charge in [0, 0.05) is 11.3 Å². The lowest BCUT2D eigenvalue weighted by molar-refractivity contribution is 0.0696. The smallest absolute Gasteiger partial charge is 0.335 e. The van der Waals surface area contributed by atoms with E-state index in [9.17, 15) is 9.59 Å². The predicted octanol–water partition coefficient (Wildman–Crippen LogP) is 2.27. The summed E-state index contributed by atoms with van der Waals surface area (Å²) in [5, 5.41) is 11.9. The molecule has 0 radical (unpaired) electrons. The van der Waals surface area contributed by atoms with Gasteiger partial charge in [0.2, 0.25) is 0 Å². The molecular weight excluding hydrogens is 284 g/mol. The van der Waals surface area contributed by atoms with Gasteiger partial charge in [-0.1, -0.05) is 0 Å². The van der Waals surface area contributed by atoms with Gasteiger partial charge in [-0.3, -0.25) is 4.79 Å². The van der Waals surface area contributed by atoms with Crippen molar-refractivity contribution in [1.29, 1.82) is 0 Å². The minimum Gasteiger partial charge on any atom is -0.495 e. The van der Waals surface area contributed by atoms with Gasteiger partial charge in [-0.15, -0.1) is 0 Å². The van der Waals surface area contributed by atoms with E-state index in [0.29, 0.717) is 22.7 Å². The minimum absolute atomic E-state index is 0.0172. The van der Waals surface area contributed by atoms with Gasteiger partial charge in [0.15, 0.2) is 5.78 Å². The summed E-state index contributed by atoms with van der Waals surface area (Å²) in [5.74, 6) is -0.714. The maximum Gasteiger partial charge on any atom is 0.335 e. The fraction of sp³-hybridized carbons (Fsp3) is 0.125. The molecule has 114 valence electrons. The zero-order chi connectivity index (χ0) is 16.1. The first-order valence-corrected chi connectivity index (χ1v) is 6.55. The van der Waals surface area contributed by atoms with Gasteiger partial charge in [-0.25, -0.2) is 4.79 Å². The van der Waals surface area contributed by atoms with Crippen LogP contribution in [-0.4, -0.2) is 30.5 Å². The fourth-order valence-corrected chi connectivity index (χ4v) is 1.93.